The number of nitrogens with zero attached hydrogens (tertiary/aromatic N) is 2. The highest BCUT2D eigenvalue weighted by Crippen LogP contribution is 2.22. The lowest BCUT2D eigenvalue weighted by molar-refractivity contribution is -0.900. The van der Waals surface area contributed by atoms with Gasteiger partial charge in [-0.05, 0) is 35.7 Å². The molecule has 6 nitrogen and oxygen atoms in total. The molecule has 0 unspecified atom stereocenters. The number of nitriles is 1. The fourth-order valence-corrected chi connectivity index (χ4v) is 3.85. The maximum atomic E-state index is 12.1. The zero-order chi connectivity index (χ0) is 18.4. The van der Waals surface area contributed by atoms with E-state index in [-0.39, 0.29) is 5.91 Å². The van der Waals surface area contributed by atoms with Crippen molar-refractivity contribution in [1.82, 2.24) is 0 Å². The molecule has 1 aliphatic heterocycles. The predicted molar refractivity (Wildman–Crippen MR) is 103 cm³/mol. The van der Waals surface area contributed by atoms with E-state index < -0.39 is 0 Å². The second-order valence-electron chi connectivity index (χ2n) is 6.26. The molecule has 136 valence electrons. The molecule has 7 heteroatoms. The van der Waals surface area contributed by atoms with Gasteiger partial charge >= 0.3 is 0 Å². The molecule has 1 aromatic heterocycles. The van der Waals surface area contributed by atoms with Crippen LogP contribution in [0.1, 0.15) is 12.0 Å². The monoisotopic (exact) mass is 371 g/mol. The largest absolute Gasteiger partial charge is 0.497 e. The van der Waals surface area contributed by atoms with Gasteiger partial charge in [0, 0.05) is 5.69 Å². The van der Waals surface area contributed by atoms with Gasteiger partial charge in [-0.3, -0.25) is 4.79 Å². The van der Waals surface area contributed by atoms with Crippen molar-refractivity contribution < 1.29 is 14.4 Å². The molecule has 1 fully saturated rings. The number of methoxy groups -OCH3 is 1. The van der Waals surface area contributed by atoms with Crippen LogP contribution in [-0.4, -0.2) is 45.7 Å². The van der Waals surface area contributed by atoms with E-state index in [0.717, 1.165) is 38.5 Å². The lowest BCUT2D eigenvalue weighted by atomic mass is 10.2. The molecular weight excluding hydrogens is 348 g/mol. The Morgan fingerprint density at radius 1 is 1.31 bits per heavy atom. The minimum absolute atomic E-state index is 0.0194. The maximum absolute atomic E-state index is 12.1. The smallest absolute Gasteiger partial charge is 0.230 e. The fourth-order valence-electron chi connectivity index (χ4n) is 3.10. The second kappa shape index (κ2) is 8.70. The molecule has 0 radical (unpaired) electrons. The summed E-state index contributed by atoms with van der Waals surface area (Å²) in [6, 6.07) is 12.0. The van der Waals surface area contributed by atoms with Gasteiger partial charge in [0.1, 0.15) is 16.8 Å². The van der Waals surface area contributed by atoms with Crippen molar-refractivity contribution in [1.29, 1.82) is 5.26 Å². The van der Waals surface area contributed by atoms with E-state index in [1.165, 1.54) is 21.9 Å². The molecule has 1 amide bonds. The van der Waals surface area contributed by atoms with E-state index in [4.69, 9.17) is 10.00 Å². The van der Waals surface area contributed by atoms with Crippen LogP contribution in [-0.2, 0) is 4.79 Å². The molecule has 0 atom stereocenters. The summed E-state index contributed by atoms with van der Waals surface area (Å²) in [6.07, 6.45) is 0.473. The molecule has 0 bridgehead atoms. The Morgan fingerprint density at radius 2 is 2.04 bits per heavy atom. The first-order valence-electron chi connectivity index (χ1n) is 8.69. The van der Waals surface area contributed by atoms with E-state index in [9.17, 15) is 4.79 Å². The number of hydrogen-bond acceptors (Lipinski definition) is 5. The van der Waals surface area contributed by atoms with E-state index in [1.807, 2.05) is 17.5 Å². The lowest BCUT2D eigenvalue weighted by Gasteiger charge is -2.33. The first-order valence-corrected chi connectivity index (χ1v) is 9.57. The van der Waals surface area contributed by atoms with Crippen LogP contribution in [0, 0.1) is 11.3 Å². The average molecular weight is 371 g/mol. The normalized spacial score (nSPS) is 14.7. The number of ether oxygens (including phenoxy) is 1. The fraction of sp³-hybridized carbons (Fsp3) is 0.368. The lowest BCUT2D eigenvalue weighted by Crippen LogP contribution is -3.15. The van der Waals surface area contributed by atoms with Crippen LogP contribution < -0.4 is 19.9 Å². The molecule has 2 aromatic rings. The third kappa shape index (κ3) is 4.54. The van der Waals surface area contributed by atoms with Crippen LogP contribution >= 0.6 is 11.3 Å². The minimum atomic E-state index is -0.0194. The number of carbonyl (C=O) groups excluding carboxylic acids is 1. The number of thiophene rings is 1. The van der Waals surface area contributed by atoms with E-state index in [0.29, 0.717) is 17.0 Å². The Bertz CT molecular complexity index is 774. The van der Waals surface area contributed by atoms with Crippen LogP contribution in [0.4, 0.5) is 10.7 Å². The molecule has 1 aromatic carbocycles. The molecule has 2 N–H and O–H groups in total. The van der Waals surface area contributed by atoms with Gasteiger partial charge in [-0.1, -0.05) is 0 Å². The number of benzene rings is 1. The zero-order valence-electron chi connectivity index (χ0n) is 14.8. The highest BCUT2D eigenvalue weighted by Gasteiger charge is 2.21. The van der Waals surface area contributed by atoms with Gasteiger partial charge in [0.25, 0.3) is 0 Å². The van der Waals surface area contributed by atoms with Gasteiger partial charge in [-0.25, -0.2) is 0 Å². The molecular formula is C19H23N4O2S+. The quantitative estimate of drug-likeness (QED) is 0.805. The second-order valence-corrected chi connectivity index (χ2v) is 7.17. The Kier molecular flexibility index (Phi) is 6.10. The number of rotatable bonds is 6. The Balaban J connectivity index is 1.42. The summed E-state index contributed by atoms with van der Waals surface area (Å²) in [4.78, 5) is 15.9. The number of quaternary nitrogens is 1. The summed E-state index contributed by atoms with van der Waals surface area (Å²) in [7, 11) is 1.67. The number of piperazine rings is 1. The molecule has 1 saturated heterocycles. The van der Waals surface area contributed by atoms with Gasteiger partial charge in [-0.2, -0.15) is 5.26 Å². The van der Waals surface area contributed by atoms with Crippen LogP contribution in [0.15, 0.2) is 35.7 Å². The Hall–Kier alpha value is -2.56. The molecule has 0 saturated carbocycles. The molecule has 1 aliphatic rings. The number of hydrogen-bond donors (Lipinski definition) is 2. The molecule has 26 heavy (non-hydrogen) atoms. The number of nitrogens with one attached hydrogen (secondary N) is 2. The summed E-state index contributed by atoms with van der Waals surface area (Å²) in [5.41, 5.74) is 1.74. The molecule has 2 heterocycles. The number of amides is 1. The van der Waals surface area contributed by atoms with Crippen molar-refractivity contribution in [3.05, 3.63) is 41.3 Å². The highest BCUT2D eigenvalue weighted by atomic mass is 32.1. The topological polar surface area (TPSA) is 69.8 Å². The van der Waals surface area contributed by atoms with Crippen LogP contribution in [0.5, 0.6) is 5.75 Å². The standard InChI is InChI=1S/C19H22N4O2S/c1-25-17-4-2-16(3-5-17)23-11-9-22(10-12-23)8-6-18(24)21-19-15(14-20)7-13-26-19/h2-5,7,13H,6,8-12H2,1H3,(H,21,24)/p+1. The number of anilines is 2. The predicted octanol–water partition coefficient (Wildman–Crippen LogP) is 1.36. The van der Waals surface area contributed by atoms with Gasteiger partial charge < -0.3 is 19.9 Å². The van der Waals surface area contributed by atoms with Gasteiger partial charge in [-0.15, -0.1) is 11.3 Å². The summed E-state index contributed by atoms with van der Waals surface area (Å²) >= 11 is 1.39. The highest BCUT2D eigenvalue weighted by molar-refractivity contribution is 7.14. The summed E-state index contributed by atoms with van der Waals surface area (Å²) in [5, 5.41) is 14.3. The van der Waals surface area contributed by atoms with Gasteiger partial charge in [0.15, 0.2) is 0 Å². The average Bonchev–Trinajstić information content (AvgIpc) is 3.14. The van der Waals surface area contributed by atoms with Crippen molar-refractivity contribution in [2.75, 3.05) is 50.1 Å². The Morgan fingerprint density at radius 3 is 2.69 bits per heavy atom. The Labute approximate surface area is 157 Å². The SMILES string of the molecule is COc1ccc(N2CC[NH+](CCC(=O)Nc3sccc3C#N)CC2)cc1. The van der Waals surface area contributed by atoms with Crippen molar-refractivity contribution in [3.63, 3.8) is 0 Å². The van der Waals surface area contributed by atoms with E-state index >= 15 is 0 Å². The molecule has 3 rings (SSSR count). The third-order valence-corrected chi connectivity index (χ3v) is 5.48. The summed E-state index contributed by atoms with van der Waals surface area (Å²) < 4.78 is 5.20. The van der Waals surface area contributed by atoms with E-state index in [2.05, 4.69) is 28.4 Å². The van der Waals surface area contributed by atoms with Crippen molar-refractivity contribution in [3.8, 4) is 11.8 Å². The summed E-state index contributed by atoms with van der Waals surface area (Å²) in [6.45, 7) is 4.80. The van der Waals surface area contributed by atoms with Crippen molar-refractivity contribution in [2.24, 2.45) is 0 Å². The molecule has 0 aliphatic carbocycles. The van der Waals surface area contributed by atoms with Crippen molar-refractivity contribution >= 4 is 27.9 Å². The van der Waals surface area contributed by atoms with Gasteiger partial charge in [0.05, 0.1) is 51.8 Å². The van der Waals surface area contributed by atoms with Crippen LogP contribution in [0.3, 0.4) is 0 Å². The first-order chi connectivity index (χ1) is 12.7. The first kappa shape index (κ1) is 18.2. The number of carbonyl (C=O) groups is 1. The van der Waals surface area contributed by atoms with Gasteiger partial charge in [0.2, 0.25) is 5.91 Å². The van der Waals surface area contributed by atoms with Crippen LogP contribution in [0.25, 0.3) is 0 Å². The van der Waals surface area contributed by atoms with E-state index in [1.54, 1.807) is 13.2 Å². The zero-order valence-corrected chi connectivity index (χ0v) is 15.6. The summed E-state index contributed by atoms with van der Waals surface area (Å²) in [5.74, 6) is 0.850. The van der Waals surface area contributed by atoms with Crippen LogP contribution in [0.2, 0.25) is 0 Å². The van der Waals surface area contributed by atoms with Crippen molar-refractivity contribution in [2.45, 2.75) is 6.42 Å². The minimum Gasteiger partial charge on any atom is -0.497 e. The molecule has 0 spiro atoms. The maximum Gasteiger partial charge on any atom is 0.230 e. The third-order valence-electron chi connectivity index (χ3n) is 4.65.